The van der Waals surface area contributed by atoms with Crippen LogP contribution in [0.1, 0.15) is 11.3 Å². The van der Waals surface area contributed by atoms with Crippen LogP contribution in [-0.2, 0) is 13.0 Å². The summed E-state index contributed by atoms with van der Waals surface area (Å²) in [5.41, 5.74) is 5.03. The molecular weight excluding hydrogens is 208 g/mol. The highest BCUT2D eigenvalue weighted by molar-refractivity contribution is 5.84. The first-order valence-electron chi connectivity index (χ1n) is 5.94. The van der Waals surface area contributed by atoms with Crippen molar-refractivity contribution in [3.8, 4) is 0 Å². The molecule has 0 unspecified atom stereocenters. The normalized spacial score (nSPS) is 14.7. The molecule has 0 amide bonds. The number of hydrogen-bond acceptors (Lipinski definition) is 1. The second-order valence-electron chi connectivity index (χ2n) is 4.49. The molecule has 2 heteroatoms. The van der Waals surface area contributed by atoms with Gasteiger partial charge in [0, 0.05) is 28.8 Å². The van der Waals surface area contributed by atoms with Gasteiger partial charge in [0.15, 0.2) is 0 Å². The first-order valence-corrected chi connectivity index (χ1v) is 5.94. The van der Waals surface area contributed by atoms with Crippen molar-refractivity contribution in [2.45, 2.75) is 13.0 Å². The van der Waals surface area contributed by atoms with Gasteiger partial charge in [0.05, 0.1) is 6.54 Å². The Morgan fingerprint density at radius 2 is 2.18 bits per heavy atom. The maximum Gasteiger partial charge on any atom is 0.0582 e. The number of nitrogens with zero attached hydrogens (tertiary/aromatic N) is 1. The Morgan fingerprint density at radius 1 is 1.35 bits per heavy atom. The molecule has 0 aliphatic carbocycles. The summed E-state index contributed by atoms with van der Waals surface area (Å²) in [5.74, 6) is 0. The van der Waals surface area contributed by atoms with E-state index in [-0.39, 0.29) is 0 Å². The van der Waals surface area contributed by atoms with E-state index >= 15 is 0 Å². The van der Waals surface area contributed by atoms with Crippen LogP contribution in [0.2, 0.25) is 0 Å². The molecule has 2 nitrogen and oxygen atoms in total. The molecule has 1 N–H and O–H groups in total. The zero-order valence-electron chi connectivity index (χ0n) is 9.87. The van der Waals surface area contributed by atoms with E-state index in [0.717, 1.165) is 25.2 Å². The molecule has 2 heterocycles. The molecule has 1 aromatic heterocycles. The van der Waals surface area contributed by atoms with Gasteiger partial charge in [-0.25, -0.2) is 0 Å². The van der Waals surface area contributed by atoms with Crippen LogP contribution in [0.3, 0.4) is 0 Å². The van der Waals surface area contributed by atoms with Crippen LogP contribution >= 0.6 is 0 Å². The number of allylic oxidation sites excluding steroid dienone is 1. The van der Waals surface area contributed by atoms with Crippen LogP contribution < -0.4 is 0 Å². The van der Waals surface area contributed by atoms with E-state index in [1.807, 2.05) is 6.08 Å². The van der Waals surface area contributed by atoms with Gasteiger partial charge in [0.25, 0.3) is 0 Å². The zero-order valence-corrected chi connectivity index (χ0v) is 9.87. The van der Waals surface area contributed by atoms with E-state index in [2.05, 4.69) is 47.3 Å². The maximum atomic E-state index is 4.02. The maximum absolute atomic E-state index is 4.02. The zero-order chi connectivity index (χ0) is 11.8. The van der Waals surface area contributed by atoms with Crippen molar-refractivity contribution in [1.82, 2.24) is 9.88 Å². The van der Waals surface area contributed by atoms with Gasteiger partial charge >= 0.3 is 0 Å². The van der Waals surface area contributed by atoms with Crippen molar-refractivity contribution >= 4 is 10.9 Å². The average molecular weight is 224 g/mol. The number of nitrogens with one attached hydrogen (secondary N) is 1. The number of H-pyrrole nitrogens is 1. The van der Waals surface area contributed by atoms with Gasteiger partial charge in [-0.1, -0.05) is 31.4 Å². The summed E-state index contributed by atoms with van der Waals surface area (Å²) in [4.78, 5) is 5.78. The molecule has 0 bridgehead atoms. The number of rotatable bonds is 2. The minimum absolute atomic E-state index is 0.912. The number of fused-ring (bicyclic) bond motifs is 3. The highest BCUT2D eigenvalue weighted by atomic mass is 15.1. The predicted octanol–water partition coefficient (Wildman–Crippen LogP) is 3.23. The third kappa shape index (κ3) is 1.57. The van der Waals surface area contributed by atoms with E-state index in [1.165, 1.54) is 22.2 Å². The number of para-hydroxylation sites is 1. The first-order chi connectivity index (χ1) is 8.29. The van der Waals surface area contributed by atoms with Crippen molar-refractivity contribution in [3.05, 3.63) is 60.5 Å². The molecule has 0 radical (unpaired) electrons. The molecular formula is C15H16N2. The second-order valence-corrected chi connectivity index (χ2v) is 4.49. The Balaban J connectivity index is 2.03. The van der Waals surface area contributed by atoms with Crippen LogP contribution in [0.4, 0.5) is 0 Å². The van der Waals surface area contributed by atoms with Crippen molar-refractivity contribution in [2.75, 3.05) is 6.54 Å². The predicted molar refractivity (Wildman–Crippen MR) is 71.7 cm³/mol. The van der Waals surface area contributed by atoms with Gasteiger partial charge in [-0.3, -0.25) is 0 Å². The quantitative estimate of drug-likeness (QED) is 0.776. The van der Waals surface area contributed by atoms with E-state index in [9.17, 15) is 0 Å². The molecule has 0 spiro atoms. The van der Waals surface area contributed by atoms with Crippen LogP contribution in [0.5, 0.6) is 0 Å². The summed E-state index contributed by atoms with van der Waals surface area (Å²) < 4.78 is 0. The van der Waals surface area contributed by atoms with Gasteiger partial charge in [0.1, 0.15) is 0 Å². The Bertz CT molecular complexity index is 592. The number of aromatic nitrogens is 1. The van der Waals surface area contributed by atoms with Crippen LogP contribution in [0.15, 0.2) is 49.2 Å². The second kappa shape index (κ2) is 3.81. The van der Waals surface area contributed by atoms with Crippen molar-refractivity contribution in [1.29, 1.82) is 0 Å². The molecule has 2 aromatic rings. The van der Waals surface area contributed by atoms with Crippen LogP contribution in [-0.4, -0.2) is 16.4 Å². The fraction of sp³-hybridized carbons (Fsp3) is 0.200. The van der Waals surface area contributed by atoms with E-state index in [0.29, 0.717) is 0 Å². The van der Waals surface area contributed by atoms with E-state index in [4.69, 9.17) is 0 Å². The summed E-state index contributed by atoms with van der Waals surface area (Å²) in [6.07, 6.45) is 2.90. The van der Waals surface area contributed by atoms with Crippen molar-refractivity contribution < 1.29 is 0 Å². The third-order valence-corrected chi connectivity index (χ3v) is 3.52. The molecule has 3 rings (SSSR count). The van der Waals surface area contributed by atoms with Gasteiger partial charge in [-0.2, -0.15) is 0 Å². The van der Waals surface area contributed by atoms with E-state index < -0.39 is 0 Å². The largest absolute Gasteiger partial charge is 0.366 e. The molecule has 86 valence electrons. The highest BCUT2D eigenvalue weighted by Gasteiger charge is 2.19. The van der Waals surface area contributed by atoms with Gasteiger partial charge in [-0.05, 0) is 24.1 Å². The SMILES string of the molecule is C=CC(=C)N1CCc2c([nH]c3ccccc23)C1. The van der Waals surface area contributed by atoms with Gasteiger partial charge in [-0.15, -0.1) is 0 Å². The number of hydrogen-bond donors (Lipinski definition) is 1. The Morgan fingerprint density at radius 3 is 3.00 bits per heavy atom. The minimum Gasteiger partial charge on any atom is -0.366 e. The lowest BCUT2D eigenvalue weighted by Gasteiger charge is -2.29. The fourth-order valence-corrected chi connectivity index (χ4v) is 2.57. The van der Waals surface area contributed by atoms with Gasteiger partial charge < -0.3 is 9.88 Å². The molecule has 0 saturated carbocycles. The molecule has 0 atom stereocenters. The topological polar surface area (TPSA) is 19.0 Å². The lowest BCUT2D eigenvalue weighted by Crippen LogP contribution is -2.28. The fourth-order valence-electron chi connectivity index (χ4n) is 2.57. The lowest BCUT2D eigenvalue weighted by atomic mass is 10.0. The Kier molecular flexibility index (Phi) is 2.29. The standard InChI is InChI=1S/C15H16N2/c1-3-11(2)17-9-8-13-12-6-4-5-7-14(12)16-15(13)10-17/h3-7,16H,1-2,8-10H2. The van der Waals surface area contributed by atoms with Crippen LogP contribution in [0, 0.1) is 0 Å². The summed E-state index contributed by atoms with van der Waals surface area (Å²) in [5, 5.41) is 1.37. The summed E-state index contributed by atoms with van der Waals surface area (Å²) in [6, 6.07) is 8.51. The molecule has 1 aliphatic heterocycles. The number of aromatic amines is 1. The Hall–Kier alpha value is -1.96. The van der Waals surface area contributed by atoms with Crippen LogP contribution in [0.25, 0.3) is 10.9 Å². The summed E-state index contributed by atoms with van der Waals surface area (Å²) in [6.45, 7) is 9.74. The monoisotopic (exact) mass is 224 g/mol. The minimum atomic E-state index is 0.912. The molecule has 0 saturated heterocycles. The Labute approximate surface area is 101 Å². The van der Waals surface area contributed by atoms with Crippen molar-refractivity contribution in [2.24, 2.45) is 0 Å². The molecule has 1 aliphatic rings. The van der Waals surface area contributed by atoms with Crippen molar-refractivity contribution in [3.63, 3.8) is 0 Å². The van der Waals surface area contributed by atoms with E-state index in [1.54, 1.807) is 0 Å². The highest BCUT2D eigenvalue weighted by Crippen LogP contribution is 2.28. The lowest BCUT2D eigenvalue weighted by molar-refractivity contribution is 0.330. The first kappa shape index (κ1) is 10.2. The third-order valence-electron chi connectivity index (χ3n) is 3.52. The smallest absolute Gasteiger partial charge is 0.0582 e. The molecule has 17 heavy (non-hydrogen) atoms. The summed E-state index contributed by atoms with van der Waals surface area (Å²) >= 11 is 0. The summed E-state index contributed by atoms with van der Waals surface area (Å²) in [7, 11) is 0. The average Bonchev–Trinajstić information content (AvgIpc) is 2.75. The number of benzene rings is 1. The van der Waals surface area contributed by atoms with Gasteiger partial charge in [0.2, 0.25) is 0 Å². The molecule has 0 fully saturated rings. The molecule has 1 aromatic carbocycles.